The number of likely N-dealkylation sites (tertiary alicyclic amines) is 1. The molecule has 31 heavy (non-hydrogen) atoms. The summed E-state index contributed by atoms with van der Waals surface area (Å²) in [5.74, 6) is -2.48. The maximum absolute atomic E-state index is 13.9. The summed E-state index contributed by atoms with van der Waals surface area (Å²) in [6.45, 7) is 4.49. The predicted octanol–water partition coefficient (Wildman–Crippen LogP) is 3.47. The first-order valence-electron chi connectivity index (χ1n) is 9.99. The molecule has 0 aliphatic carbocycles. The van der Waals surface area contributed by atoms with Crippen LogP contribution in [0.2, 0.25) is 0 Å². The van der Waals surface area contributed by atoms with Crippen LogP contribution in [0.5, 0.6) is 5.75 Å². The van der Waals surface area contributed by atoms with Crippen molar-refractivity contribution in [2.45, 2.75) is 32.4 Å². The molecule has 1 N–H and O–H groups in total. The second-order valence-electron chi connectivity index (χ2n) is 7.39. The van der Waals surface area contributed by atoms with Crippen LogP contribution in [0, 0.1) is 5.82 Å². The van der Waals surface area contributed by atoms with E-state index in [2.05, 4.69) is 4.98 Å². The molecule has 1 atom stereocenters. The highest BCUT2D eigenvalue weighted by Gasteiger charge is 2.46. The summed E-state index contributed by atoms with van der Waals surface area (Å²) >= 11 is 0. The number of amides is 1. The molecule has 0 spiro atoms. The van der Waals surface area contributed by atoms with Gasteiger partial charge in [-0.2, -0.15) is 0 Å². The van der Waals surface area contributed by atoms with Gasteiger partial charge in [-0.05, 0) is 56.2 Å². The Morgan fingerprint density at radius 1 is 1.23 bits per heavy atom. The smallest absolute Gasteiger partial charge is 0.295 e. The normalized spacial score (nSPS) is 18.1. The molecule has 1 aliphatic heterocycles. The van der Waals surface area contributed by atoms with Crippen LogP contribution in [0.15, 0.2) is 48.3 Å². The zero-order valence-corrected chi connectivity index (χ0v) is 17.7. The highest BCUT2D eigenvalue weighted by atomic mass is 19.1. The number of hydrogen-bond donors (Lipinski definition) is 1. The lowest BCUT2D eigenvalue weighted by atomic mass is 9.95. The Bertz CT molecular complexity index is 991. The maximum atomic E-state index is 13.9. The van der Waals surface area contributed by atoms with Crippen LogP contribution in [0.1, 0.15) is 37.4 Å². The van der Waals surface area contributed by atoms with E-state index in [4.69, 9.17) is 9.47 Å². The van der Waals surface area contributed by atoms with E-state index in [0.717, 1.165) is 6.07 Å². The lowest BCUT2D eigenvalue weighted by Gasteiger charge is -2.25. The van der Waals surface area contributed by atoms with Crippen LogP contribution in [0.3, 0.4) is 0 Å². The van der Waals surface area contributed by atoms with E-state index in [1.54, 1.807) is 24.5 Å². The van der Waals surface area contributed by atoms with E-state index in [1.165, 1.54) is 24.1 Å². The van der Waals surface area contributed by atoms with Gasteiger partial charge in [-0.15, -0.1) is 0 Å². The van der Waals surface area contributed by atoms with Crippen molar-refractivity contribution in [3.63, 3.8) is 0 Å². The zero-order chi connectivity index (χ0) is 22.5. The molecule has 1 aromatic heterocycles. The fourth-order valence-electron chi connectivity index (χ4n) is 3.57. The molecule has 1 saturated heterocycles. The highest BCUT2D eigenvalue weighted by Crippen LogP contribution is 2.40. The van der Waals surface area contributed by atoms with Gasteiger partial charge in [0.2, 0.25) is 0 Å². The third kappa shape index (κ3) is 4.74. The van der Waals surface area contributed by atoms with Crippen molar-refractivity contribution in [1.29, 1.82) is 0 Å². The Kier molecular flexibility index (Phi) is 7.02. The molecule has 1 unspecified atom stereocenters. The van der Waals surface area contributed by atoms with Crippen molar-refractivity contribution in [2.24, 2.45) is 0 Å². The second kappa shape index (κ2) is 9.70. The fraction of sp³-hybridized carbons (Fsp3) is 0.348. The molecule has 1 aromatic carbocycles. The van der Waals surface area contributed by atoms with E-state index in [0.29, 0.717) is 18.6 Å². The molecule has 8 heteroatoms. The van der Waals surface area contributed by atoms with E-state index in [1.807, 2.05) is 13.8 Å². The van der Waals surface area contributed by atoms with Crippen LogP contribution in [-0.4, -0.2) is 53.0 Å². The number of nitrogens with zero attached hydrogens (tertiary/aromatic N) is 2. The summed E-state index contributed by atoms with van der Waals surface area (Å²) in [4.78, 5) is 31.2. The molecule has 1 amide bonds. The third-order valence-electron chi connectivity index (χ3n) is 4.97. The summed E-state index contributed by atoms with van der Waals surface area (Å²) in [5, 5.41) is 11.0. The molecule has 0 bridgehead atoms. The van der Waals surface area contributed by atoms with Crippen molar-refractivity contribution in [1.82, 2.24) is 9.88 Å². The lowest BCUT2D eigenvalue weighted by Crippen LogP contribution is -2.31. The molecule has 1 fully saturated rings. The second-order valence-corrected chi connectivity index (χ2v) is 7.39. The number of carbonyl (C=O) groups excluding carboxylic acids is 2. The summed E-state index contributed by atoms with van der Waals surface area (Å²) in [6.07, 6.45) is 3.64. The van der Waals surface area contributed by atoms with Gasteiger partial charge >= 0.3 is 0 Å². The van der Waals surface area contributed by atoms with E-state index in [9.17, 15) is 19.1 Å². The van der Waals surface area contributed by atoms with Crippen LogP contribution >= 0.6 is 0 Å². The third-order valence-corrected chi connectivity index (χ3v) is 4.97. The first-order valence-corrected chi connectivity index (χ1v) is 9.99. The monoisotopic (exact) mass is 428 g/mol. The van der Waals surface area contributed by atoms with Gasteiger partial charge in [-0.25, -0.2) is 4.39 Å². The molecular weight excluding hydrogens is 403 g/mol. The molecule has 164 valence electrons. The number of halogens is 1. The first kappa shape index (κ1) is 22.4. The topological polar surface area (TPSA) is 89.0 Å². The Morgan fingerprint density at radius 2 is 1.94 bits per heavy atom. The number of methoxy groups -OCH3 is 1. The number of ketones is 1. The highest BCUT2D eigenvalue weighted by molar-refractivity contribution is 6.46. The summed E-state index contributed by atoms with van der Waals surface area (Å²) in [6, 6.07) is 6.11. The van der Waals surface area contributed by atoms with Gasteiger partial charge in [0.1, 0.15) is 17.3 Å². The summed E-state index contributed by atoms with van der Waals surface area (Å²) < 4.78 is 24.7. The zero-order valence-electron chi connectivity index (χ0n) is 17.7. The van der Waals surface area contributed by atoms with Crippen LogP contribution < -0.4 is 4.74 Å². The maximum Gasteiger partial charge on any atom is 0.295 e. The summed E-state index contributed by atoms with van der Waals surface area (Å²) in [7, 11) is 1.37. The van der Waals surface area contributed by atoms with Crippen molar-refractivity contribution >= 4 is 17.4 Å². The Labute approximate surface area is 180 Å². The number of rotatable bonds is 8. The van der Waals surface area contributed by atoms with Crippen molar-refractivity contribution in [3.05, 3.63) is 65.2 Å². The number of aliphatic hydroxyl groups excluding tert-OH is 1. The van der Waals surface area contributed by atoms with E-state index >= 15 is 0 Å². The minimum absolute atomic E-state index is 0.00250. The van der Waals surface area contributed by atoms with Crippen molar-refractivity contribution in [2.75, 3.05) is 20.3 Å². The Balaban J connectivity index is 2.07. The van der Waals surface area contributed by atoms with E-state index < -0.39 is 29.3 Å². The number of hydrogen-bond acceptors (Lipinski definition) is 6. The fourth-order valence-corrected chi connectivity index (χ4v) is 3.57. The average molecular weight is 428 g/mol. The number of Topliss-reactive ketones (excluding diaryl/α,β-unsaturated/α-hetero) is 1. The van der Waals surface area contributed by atoms with Gasteiger partial charge in [-0.3, -0.25) is 14.6 Å². The van der Waals surface area contributed by atoms with Gasteiger partial charge in [0.05, 0.1) is 30.4 Å². The molecule has 7 nitrogen and oxygen atoms in total. The molecule has 2 aromatic rings. The minimum atomic E-state index is -0.838. The Morgan fingerprint density at radius 3 is 2.58 bits per heavy atom. The number of ether oxygens (including phenoxy) is 2. The van der Waals surface area contributed by atoms with Crippen molar-refractivity contribution < 1.29 is 28.6 Å². The number of aliphatic hydroxyl groups is 1. The van der Waals surface area contributed by atoms with E-state index in [-0.39, 0.29) is 29.5 Å². The average Bonchev–Trinajstić information content (AvgIpc) is 3.01. The minimum Gasteiger partial charge on any atom is -0.507 e. The lowest BCUT2D eigenvalue weighted by molar-refractivity contribution is -0.140. The molecule has 0 saturated carbocycles. The van der Waals surface area contributed by atoms with Crippen molar-refractivity contribution in [3.8, 4) is 5.75 Å². The Hall–Kier alpha value is -3.26. The first-order chi connectivity index (χ1) is 14.8. The number of pyridine rings is 1. The number of aromatic nitrogens is 1. The quantitative estimate of drug-likeness (QED) is 0.300. The number of benzene rings is 1. The predicted molar refractivity (Wildman–Crippen MR) is 112 cm³/mol. The van der Waals surface area contributed by atoms with Crippen LogP contribution in [-0.2, 0) is 14.3 Å². The SMILES string of the molecule is COc1ccc(F)cc1/C(O)=C1\C(=O)C(=O)N(CCCOC(C)C)C1c1ccncc1. The number of carbonyl (C=O) groups is 2. The largest absolute Gasteiger partial charge is 0.507 e. The van der Waals surface area contributed by atoms with Gasteiger partial charge in [0.15, 0.2) is 0 Å². The van der Waals surface area contributed by atoms with Gasteiger partial charge < -0.3 is 19.5 Å². The summed E-state index contributed by atoms with van der Waals surface area (Å²) in [5.41, 5.74) is 0.489. The molecule has 2 heterocycles. The molecule has 3 rings (SSSR count). The van der Waals surface area contributed by atoms with Crippen LogP contribution in [0.4, 0.5) is 4.39 Å². The van der Waals surface area contributed by atoms with Crippen LogP contribution in [0.25, 0.3) is 5.76 Å². The standard InChI is InChI=1S/C23H25FN2O5/c1-14(2)31-12-4-11-26-20(15-7-9-25-10-8-15)19(22(28)23(26)29)21(27)17-13-16(24)5-6-18(17)30-3/h5-10,13-14,20,27H,4,11-12H2,1-3H3/b21-19+. The molecule has 0 radical (unpaired) electrons. The van der Waals surface area contributed by atoms with Gasteiger partial charge in [0, 0.05) is 25.5 Å². The van der Waals surface area contributed by atoms with Gasteiger partial charge in [0.25, 0.3) is 11.7 Å². The van der Waals surface area contributed by atoms with Gasteiger partial charge in [-0.1, -0.05) is 0 Å². The molecular formula is C23H25FN2O5. The molecule has 1 aliphatic rings.